The summed E-state index contributed by atoms with van der Waals surface area (Å²) < 4.78 is 11.4. The zero-order valence-corrected chi connectivity index (χ0v) is 8.34. The van der Waals surface area contributed by atoms with Crippen LogP contribution in [0.25, 0.3) is 0 Å². The van der Waals surface area contributed by atoms with Crippen LogP contribution < -0.4 is 0 Å². The number of carbonyl (C=O) groups is 1. The SMILES string of the molecule is COC(CCC(=O)n1ccnc1)OC. The summed E-state index contributed by atoms with van der Waals surface area (Å²) in [6, 6.07) is 0. The first-order valence-electron chi connectivity index (χ1n) is 4.34. The van der Waals surface area contributed by atoms with Gasteiger partial charge >= 0.3 is 0 Å². The Bertz CT molecular complexity index is 268. The molecular weight excluding hydrogens is 184 g/mol. The minimum atomic E-state index is -0.317. The van der Waals surface area contributed by atoms with Gasteiger partial charge in [0.2, 0.25) is 5.91 Å². The van der Waals surface area contributed by atoms with Crippen molar-refractivity contribution in [3.63, 3.8) is 0 Å². The first kappa shape index (κ1) is 10.9. The second-order valence-electron chi connectivity index (χ2n) is 2.80. The van der Waals surface area contributed by atoms with E-state index in [0.717, 1.165) is 0 Å². The molecule has 0 aliphatic carbocycles. The Labute approximate surface area is 82.6 Å². The minimum absolute atomic E-state index is 0.0124. The van der Waals surface area contributed by atoms with Gasteiger partial charge in [0.05, 0.1) is 0 Å². The Balaban J connectivity index is 2.35. The van der Waals surface area contributed by atoms with Crippen molar-refractivity contribution in [1.82, 2.24) is 9.55 Å². The number of hydrogen-bond donors (Lipinski definition) is 0. The lowest BCUT2D eigenvalue weighted by atomic mass is 10.3. The fraction of sp³-hybridized carbons (Fsp3) is 0.556. The molecule has 0 amide bonds. The standard InChI is InChI=1S/C9H14N2O3/c1-13-9(14-2)4-3-8(12)11-6-5-10-7-11/h5-7,9H,3-4H2,1-2H3. The van der Waals surface area contributed by atoms with Crippen LogP contribution in [0.4, 0.5) is 0 Å². The molecule has 0 bridgehead atoms. The highest BCUT2D eigenvalue weighted by atomic mass is 16.7. The molecule has 0 fully saturated rings. The Kier molecular flexibility index (Phi) is 4.28. The van der Waals surface area contributed by atoms with Gasteiger partial charge in [0.25, 0.3) is 0 Å². The Morgan fingerprint density at radius 3 is 2.71 bits per heavy atom. The van der Waals surface area contributed by atoms with E-state index >= 15 is 0 Å². The fourth-order valence-electron chi connectivity index (χ4n) is 1.11. The molecule has 0 spiro atoms. The highest BCUT2D eigenvalue weighted by Gasteiger charge is 2.09. The quantitative estimate of drug-likeness (QED) is 0.660. The molecule has 0 saturated carbocycles. The summed E-state index contributed by atoms with van der Waals surface area (Å²) in [4.78, 5) is 15.2. The van der Waals surface area contributed by atoms with E-state index in [4.69, 9.17) is 9.47 Å². The number of nitrogens with zero attached hydrogens (tertiary/aromatic N) is 2. The van der Waals surface area contributed by atoms with Crippen LogP contribution in [0.2, 0.25) is 0 Å². The number of rotatable bonds is 5. The lowest BCUT2D eigenvalue weighted by Crippen LogP contribution is -2.17. The van der Waals surface area contributed by atoms with Crippen molar-refractivity contribution >= 4 is 5.91 Å². The number of imidazole rings is 1. The van der Waals surface area contributed by atoms with Crippen molar-refractivity contribution in [2.45, 2.75) is 19.1 Å². The van der Waals surface area contributed by atoms with Gasteiger partial charge in [0, 0.05) is 39.5 Å². The largest absolute Gasteiger partial charge is 0.356 e. The molecule has 0 atom stereocenters. The molecule has 1 aromatic rings. The van der Waals surface area contributed by atoms with Gasteiger partial charge in [-0.2, -0.15) is 0 Å². The molecule has 78 valence electrons. The lowest BCUT2D eigenvalue weighted by molar-refractivity contribution is -0.105. The summed E-state index contributed by atoms with van der Waals surface area (Å²) in [6.07, 6.45) is 5.28. The number of aromatic nitrogens is 2. The van der Waals surface area contributed by atoms with E-state index in [1.165, 1.54) is 10.9 Å². The Morgan fingerprint density at radius 2 is 2.21 bits per heavy atom. The van der Waals surface area contributed by atoms with Crippen LogP contribution >= 0.6 is 0 Å². The molecule has 0 unspecified atom stereocenters. The average Bonchev–Trinajstić information content (AvgIpc) is 2.72. The van der Waals surface area contributed by atoms with E-state index < -0.39 is 0 Å². The zero-order valence-electron chi connectivity index (χ0n) is 8.34. The van der Waals surface area contributed by atoms with Gasteiger partial charge in [-0.1, -0.05) is 0 Å². The normalized spacial score (nSPS) is 10.8. The summed E-state index contributed by atoms with van der Waals surface area (Å²) >= 11 is 0. The highest BCUT2D eigenvalue weighted by Crippen LogP contribution is 2.03. The third-order valence-electron chi connectivity index (χ3n) is 1.91. The van der Waals surface area contributed by atoms with Gasteiger partial charge in [-0.15, -0.1) is 0 Å². The molecule has 0 aromatic carbocycles. The summed E-state index contributed by atoms with van der Waals surface area (Å²) in [6.45, 7) is 0. The molecule has 14 heavy (non-hydrogen) atoms. The molecule has 0 saturated heterocycles. The summed E-state index contributed by atoms with van der Waals surface area (Å²) in [5.74, 6) is -0.0124. The maximum atomic E-state index is 11.5. The van der Waals surface area contributed by atoms with Crippen LogP contribution in [0.15, 0.2) is 18.7 Å². The highest BCUT2D eigenvalue weighted by molar-refractivity contribution is 5.78. The van der Waals surface area contributed by atoms with Crippen LogP contribution in [0.5, 0.6) is 0 Å². The topological polar surface area (TPSA) is 53.4 Å². The summed E-state index contributed by atoms with van der Waals surface area (Å²) in [5.41, 5.74) is 0. The van der Waals surface area contributed by atoms with E-state index in [1.807, 2.05) is 0 Å². The predicted octanol–water partition coefficient (Wildman–Crippen LogP) is 0.922. The van der Waals surface area contributed by atoms with Crippen molar-refractivity contribution in [3.05, 3.63) is 18.7 Å². The molecule has 1 rings (SSSR count). The van der Waals surface area contributed by atoms with E-state index in [1.54, 1.807) is 26.6 Å². The molecule has 0 aliphatic rings. The first-order chi connectivity index (χ1) is 6.77. The van der Waals surface area contributed by atoms with Gasteiger partial charge in [0.1, 0.15) is 6.33 Å². The first-order valence-corrected chi connectivity index (χ1v) is 4.34. The van der Waals surface area contributed by atoms with Crippen LogP contribution in [0.3, 0.4) is 0 Å². The Hall–Kier alpha value is -1.20. The predicted molar refractivity (Wildman–Crippen MR) is 49.9 cm³/mol. The molecule has 1 aromatic heterocycles. The second kappa shape index (κ2) is 5.51. The van der Waals surface area contributed by atoms with Crippen LogP contribution in [-0.4, -0.2) is 36.0 Å². The summed E-state index contributed by atoms with van der Waals surface area (Å²) in [5, 5.41) is 0. The van der Waals surface area contributed by atoms with Crippen LogP contribution in [0, 0.1) is 0 Å². The molecule has 1 heterocycles. The van der Waals surface area contributed by atoms with Gasteiger partial charge in [-0.3, -0.25) is 9.36 Å². The number of carbonyl (C=O) groups excluding carboxylic acids is 1. The van der Waals surface area contributed by atoms with E-state index in [-0.39, 0.29) is 12.2 Å². The lowest BCUT2D eigenvalue weighted by Gasteiger charge is -2.12. The molecule has 0 N–H and O–H groups in total. The van der Waals surface area contributed by atoms with Crippen LogP contribution in [-0.2, 0) is 9.47 Å². The van der Waals surface area contributed by atoms with Crippen molar-refractivity contribution in [3.8, 4) is 0 Å². The third kappa shape index (κ3) is 2.93. The Morgan fingerprint density at radius 1 is 1.50 bits per heavy atom. The maximum Gasteiger partial charge on any atom is 0.232 e. The van der Waals surface area contributed by atoms with Gasteiger partial charge in [-0.05, 0) is 0 Å². The van der Waals surface area contributed by atoms with Crippen molar-refractivity contribution < 1.29 is 14.3 Å². The van der Waals surface area contributed by atoms with Gasteiger partial charge in [0.15, 0.2) is 6.29 Å². The molecule has 5 nitrogen and oxygen atoms in total. The van der Waals surface area contributed by atoms with E-state index in [9.17, 15) is 4.79 Å². The summed E-state index contributed by atoms with van der Waals surface area (Å²) in [7, 11) is 3.10. The number of hydrogen-bond acceptors (Lipinski definition) is 4. The molecule has 5 heteroatoms. The monoisotopic (exact) mass is 198 g/mol. The smallest absolute Gasteiger partial charge is 0.232 e. The van der Waals surface area contributed by atoms with Crippen LogP contribution in [0.1, 0.15) is 17.6 Å². The van der Waals surface area contributed by atoms with Crippen molar-refractivity contribution in [1.29, 1.82) is 0 Å². The second-order valence-corrected chi connectivity index (χ2v) is 2.80. The van der Waals surface area contributed by atoms with Gasteiger partial charge in [-0.25, -0.2) is 4.98 Å². The zero-order chi connectivity index (χ0) is 10.4. The van der Waals surface area contributed by atoms with E-state index in [0.29, 0.717) is 12.8 Å². The maximum absolute atomic E-state index is 11.5. The third-order valence-corrected chi connectivity index (χ3v) is 1.91. The fourth-order valence-corrected chi connectivity index (χ4v) is 1.11. The minimum Gasteiger partial charge on any atom is -0.356 e. The van der Waals surface area contributed by atoms with Crippen molar-refractivity contribution in [2.24, 2.45) is 0 Å². The van der Waals surface area contributed by atoms with E-state index in [2.05, 4.69) is 4.98 Å². The van der Waals surface area contributed by atoms with Gasteiger partial charge < -0.3 is 9.47 Å². The molecular formula is C9H14N2O3. The van der Waals surface area contributed by atoms with Crippen molar-refractivity contribution in [2.75, 3.05) is 14.2 Å². The molecule has 0 aliphatic heterocycles. The molecule has 0 radical (unpaired) electrons. The number of ether oxygens (including phenoxy) is 2. The number of methoxy groups -OCH3 is 2. The average molecular weight is 198 g/mol.